The van der Waals surface area contributed by atoms with Gasteiger partial charge in [-0.1, -0.05) is 32.9 Å². The van der Waals surface area contributed by atoms with Gasteiger partial charge in [-0.25, -0.2) is 13.6 Å². The van der Waals surface area contributed by atoms with Crippen LogP contribution in [0.4, 0.5) is 8.78 Å². The van der Waals surface area contributed by atoms with Crippen molar-refractivity contribution in [2.45, 2.75) is 58.1 Å². The van der Waals surface area contributed by atoms with Gasteiger partial charge in [0.25, 0.3) is 5.91 Å². The third-order valence-corrected chi connectivity index (χ3v) is 3.41. The molecule has 0 aromatic heterocycles. The molecule has 1 amide bonds. The Balaban J connectivity index is 2.75. The maximum atomic E-state index is 12.4. The van der Waals surface area contributed by atoms with E-state index in [4.69, 9.17) is 9.84 Å². The molecule has 134 valence electrons. The molecule has 2 atom stereocenters. The minimum absolute atomic E-state index is 0.101. The van der Waals surface area contributed by atoms with Gasteiger partial charge >= 0.3 is 5.97 Å². The fraction of sp³-hybridized carbons (Fsp3) is 0.529. The number of alkyl halides is 2. The van der Waals surface area contributed by atoms with E-state index < -0.39 is 36.9 Å². The summed E-state index contributed by atoms with van der Waals surface area (Å²) in [5.74, 6) is -1.82. The largest absolute Gasteiger partial charge is 0.481 e. The fourth-order valence-corrected chi connectivity index (χ4v) is 1.98. The van der Waals surface area contributed by atoms with E-state index in [0.717, 1.165) is 5.56 Å². The van der Waals surface area contributed by atoms with Crippen molar-refractivity contribution in [3.05, 3.63) is 29.8 Å². The van der Waals surface area contributed by atoms with Crippen molar-refractivity contribution in [2.24, 2.45) is 0 Å². The number of carbonyl (C=O) groups is 2. The molecule has 0 aliphatic carbocycles. The molecule has 2 unspecified atom stereocenters. The zero-order valence-electron chi connectivity index (χ0n) is 14.2. The molecule has 2 N–H and O–H groups in total. The molecule has 1 aromatic carbocycles. The van der Waals surface area contributed by atoms with Crippen LogP contribution in [-0.2, 0) is 15.0 Å². The highest BCUT2D eigenvalue weighted by Crippen LogP contribution is 2.26. The maximum absolute atomic E-state index is 12.4. The van der Waals surface area contributed by atoms with E-state index in [1.165, 1.54) is 6.92 Å². The lowest BCUT2D eigenvalue weighted by Gasteiger charge is -2.22. The number of carbonyl (C=O) groups excluding carboxylic acids is 1. The van der Waals surface area contributed by atoms with Gasteiger partial charge < -0.3 is 15.2 Å². The van der Waals surface area contributed by atoms with Crippen molar-refractivity contribution in [3.63, 3.8) is 0 Å². The van der Waals surface area contributed by atoms with Crippen LogP contribution in [-0.4, -0.2) is 35.6 Å². The molecule has 0 saturated carbocycles. The Labute approximate surface area is 140 Å². The van der Waals surface area contributed by atoms with E-state index in [9.17, 15) is 18.4 Å². The molecule has 0 saturated heterocycles. The third-order valence-electron chi connectivity index (χ3n) is 3.41. The fourth-order valence-electron chi connectivity index (χ4n) is 1.98. The van der Waals surface area contributed by atoms with Gasteiger partial charge in [0.05, 0.1) is 0 Å². The maximum Gasteiger partial charge on any atom is 0.326 e. The summed E-state index contributed by atoms with van der Waals surface area (Å²) in [7, 11) is 0. The lowest BCUT2D eigenvalue weighted by Crippen LogP contribution is -2.47. The van der Waals surface area contributed by atoms with Crippen molar-refractivity contribution in [1.82, 2.24) is 5.32 Å². The Morgan fingerprint density at radius 3 is 2.42 bits per heavy atom. The number of nitrogens with one attached hydrogen (secondary N) is 1. The number of benzene rings is 1. The van der Waals surface area contributed by atoms with Crippen LogP contribution >= 0.6 is 0 Å². The molecule has 1 aromatic rings. The molecule has 0 bridgehead atoms. The van der Waals surface area contributed by atoms with Gasteiger partial charge in [0, 0.05) is 6.42 Å². The second-order valence-corrected chi connectivity index (χ2v) is 6.56. The molecular formula is C17H23F2NO4. The quantitative estimate of drug-likeness (QED) is 0.798. The Kier molecular flexibility index (Phi) is 6.69. The van der Waals surface area contributed by atoms with Crippen LogP contribution in [0.5, 0.6) is 5.75 Å². The number of halogens is 2. The normalized spacial score (nSPS) is 14.1. The average Bonchev–Trinajstić information content (AvgIpc) is 2.45. The van der Waals surface area contributed by atoms with Gasteiger partial charge in [-0.2, -0.15) is 0 Å². The Bertz CT molecular complexity index is 584. The number of carboxylic acids is 1. The highest BCUT2D eigenvalue weighted by Gasteiger charge is 2.27. The van der Waals surface area contributed by atoms with Gasteiger partial charge in [-0.15, -0.1) is 0 Å². The van der Waals surface area contributed by atoms with E-state index >= 15 is 0 Å². The Morgan fingerprint density at radius 2 is 1.92 bits per heavy atom. The van der Waals surface area contributed by atoms with E-state index in [1.54, 1.807) is 18.2 Å². The molecule has 0 aliphatic heterocycles. The van der Waals surface area contributed by atoms with Crippen LogP contribution in [0, 0.1) is 0 Å². The summed E-state index contributed by atoms with van der Waals surface area (Å²) in [6, 6.07) is 5.53. The van der Waals surface area contributed by atoms with Gasteiger partial charge in [-0.05, 0) is 30.0 Å². The lowest BCUT2D eigenvalue weighted by atomic mass is 9.87. The van der Waals surface area contributed by atoms with Crippen molar-refractivity contribution < 1.29 is 28.2 Å². The highest BCUT2D eigenvalue weighted by atomic mass is 19.3. The van der Waals surface area contributed by atoms with Crippen molar-refractivity contribution >= 4 is 11.9 Å². The molecule has 7 heteroatoms. The van der Waals surface area contributed by atoms with Crippen LogP contribution in [0.25, 0.3) is 0 Å². The van der Waals surface area contributed by atoms with E-state index in [-0.39, 0.29) is 5.41 Å². The number of carboxylic acid groups (broad SMARTS) is 1. The molecule has 0 spiro atoms. The van der Waals surface area contributed by atoms with Crippen molar-refractivity contribution in [2.75, 3.05) is 0 Å². The van der Waals surface area contributed by atoms with Crippen LogP contribution < -0.4 is 10.1 Å². The van der Waals surface area contributed by atoms with Gasteiger partial charge in [-0.3, -0.25) is 4.79 Å². The first-order chi connectivity index (χ1) is 11.0. The summed E-state index contributed by atoms with van der Waals surface area (Å²) in [4.78, 5) is 22.9. The minimum Gasteiger partial charge on any atom is -0.481 e. The van der Waals surface area contributed by atoms with Crippen LogP contribution in [0.2, 0.25) is 0 Å². The van der Waals surface area contributed by atoms with Gasteiger partial charge in [0.2, 0.25) is 6.43 Å². The Hall–Kier alpha value is -2.18. The zero-order valence-corrected chi connectivity index (χ0v) is 14.2. The molecule has 0 aliphatic rings. The van der Waals surface area contributed by atoms with Gasteiger partial charge in [0.15, 0.2) is 6.10 Å². The molecule has 24 heavy (non-hydrogen) atoms. The molecule has 0 fully saturated rings. The highest BCUT2D eigenvalue weighted by molar-refractivity contribution is 5.86. The first-order valence-corrected chi connectivity index (χ1v) is 7.59. The smallest absolute Gasteiger partial charge is 0.326 e. The monoisotopic (exact) mass is 343 g/mol. The summed E-state index contributed by atoms with van der Waals surface area (Å²) in [5, 5.41) is 10.9. The topological polar surface area (TPSA) is 75.6 Å². The van der Waals surface area contributed by atoms with Crippen LogP contribution in [0.3, 0.4) is 0 Å². The molecule has 0 radical (unpaired) electrons. The number of aliphatic carboxylic acids is 1. The summed E-state index contributed by atoms with van der Waals surface area (Å²) >= 11 is 0. The zero-order chi connectivity index (χ0) is 18.5. The molecule has 0 heterocycles. The van der Waals surface area contributed by atoms with Crippen LogP contribution in [0.15, 0.2) is 24.3 Å². The predicted molar refractivity (Wildman–Crippen MR) is 85.4 cm³/mol. The van der Waals surface area contributed by atoms with Gasteiger partial charge in [0.1, 0.15) is 11.8 Å². The standard InChI is InChI=1S/C17H23F2NO4/c1-10(15(21)20-13(16(22)23)9-14(18)19)24-12-7-5-6-11(8-12)17(2,3)4/h5-8,10,13-14H,9H2,1-4H3,(H,20,21)(H,22,23). The first kappa shape index (κ1) is 19.9. The minimum atomic E-state index is -2.83. The average molecular weight is 343 g/mol. The summed E-state index contributed by atoms with van der Waals surface area (Å²) in [6.45, 7) is 7.53. The summed E-state index contributed by atoms with van der Waals surface area (Å²) in [5.41, 5.74) is 0.907. The molecule has 1 rings (SSSR count). The third kappa shape index (κ3) is 6.14. The van der Waals surface area contributed by atoms with Crippen LogP contribution in [0.1, 0.15) is 39.7 Å². The number of amides is 1. The summed E-state index contributed by atoms with van der Waals surface area (Å²) < 4.78 is 30.2. The van der Waals surface area contributed by atoms with Crippen molar-refractivity contribution in [3.8, 4) is 5.75 Å². The van der Waals surface area contributed by atoms with E-state index in [1.807, 2.05) is 26.8 Å². The SMILES string of the molecule is CC(Oc1cccc(C(C)(C)C)c1)C(=O)NC(CC(F)F)C(=O)O. The lowest BCUT2D eigenvalue weighted by molar-refractivity contribution is -0.144. The number of hydrogen-bond acceptors (Lipinski definition) is 3. The molecular weight excluding hydrogens is 320 g/mol. The predicted octanol–water partition coefficient (Wildman–Crippen LogP) is 2.98. The second kappa shape index (κ2) is 8.08. The van der Waals surface area contributed by atoms with E-state index in [2.05, 4.69) is 5.32 Å². The number of hydrogen-bond donors (Lipinski definition) is 2. The summed E-state index contributed by atoms with van der Waals surface area (Å²) in [6.07, 6.45) is -4.79. The number of ether oxygens (including phenoxy) is 1. The van der Waals surface area contributed by atoms with E-state index in [0.29, 0.717) is 5.75 Å². The number of rotatable bonds is 7. The Morgan fingerprint density at radius 1 is 1.29 bits per heavy atom. The van der Waals surface area contributed by atoms with Crippen molar-refractivity contribution in [1.29, 1.82) is 0 Å². The first-order valence-electron chi connectivity index (χ1n) is 7.59. The molecule has 5 nitrogen and oxygen atoms in total. The second-order valence-electron chi connectivity index (χ2n) is 6.56.